The Balaban J connectivity index is 0.00000289. The van der Waals surface area contributed by atoms with Crippen LogP contribution in [0.2, 0.25) is 0 Å². The number of nitrogens with one attached hydrogen (secondary N) is 1. The monoisotopic (exact) mass is 555 g/mol. The fourth-order valence-electron chi connectivity index (χ4n) is 3.90. The molecular formula is C22H34IN7O2. The summed E-state index contributed by atoms with van der Waals surface area (Å²) in [6, 6.07) is 5.80. The maximum atomic E-state index is 5.46. The van der Waals surface area contributed by atoms with Gasteiger partial charge in [-0.3, -0.25) is 9.89 Å². The Morgan fingerprint density at radius 2 is 1.81 bits per heavy atom. The van der Waals surface area contributed by atoms with E-state index in [1.165, 1.54) is 0 Å². The first-order valence-corrected chi connectivity index (χ1v) is 11.3. The normalized spacial score (nSPS) is 17.8. The number of hydrogen-bond acceptors (Lipinski definition) is 7. The molecule has 0 aliphatic carbocycles. The maximum absolute atomic E-state index is 5.46. The highest BCUT2D eigenvalue weighted by Crippen LogP contribution is 2.10. The molecule has 0 saturated carbocycles. The van der Waals surface area contributed by atoms with Crippen molar-refractivity contribution in [2.45, 2.75) is 12.8 Å². The van der Waals surface area contributed by atoms with Crippen LogP contribution in [0.5, 0.6) is 0 Å². The molecule has 0 aromatic carbocycles. The lowest BCUT2D eigenvalue weighted by atomic mass is 10.3. The Hall–Kier alpha value is -1.92. The quantitative estimate of drug-likeness (QED) is 0.228. The minimum atomic E-state index is 0. The molecule has 176 valence electrons. The van der Waals surface area contributed by atoms with Gasteiger partial charge in [-0.05, 0) is 24.6 Å². The lowest BCUT2D eigenvalue weighted by Gasteiger charge is -2.36. The third-order valence-electron chi connectivity index (χ3n) is 5.65. The smallest absolute Gasteiger partial charge is 0.225 e. The Morgan fingerprint density at radius 1 is 1.03 bits per heavy atom. The van der Waals surface area contributed by atoms with E-state index in [0.717, 1.165) is 103 Å². The lowest BCUT2D eigenvalue weighted by molar-refractivity contribution is 0.0377. The number of guanidine groups is 1. The summed E-state index contributed by atoms with van der Waals surface area (Å²) in [6.07, 6.45) is 7.22. The molecule has 32 heavy (non-hydrogen) atoms. The zero-order valence-electron chi connectivity index (χ0n) is 18.6. The Morgan fingerprint density at radius 3 is 2.53 bits per heavy atom. The minimum absolute atomic E-state index is 0. The summed E-state index contributed by atoms with van der Waals surface area (Å²) in [7, 11) is 0. The molecule has 9 nitrogen and oxygen atoms in total. The summed E-state index contributed by atoms with van der Waals surface area (Å²) < 4.78 is 10.9. The average Bonchev–Trinajstić information content (AvgIpc) is 3.36. The van der Waals surface area contributed by atoms with Crippen molar-refractivity contribution in [1.29, 1.82) is 0 Å². The van der Waals surface area contributed by atoms with Gasteiger partial charge in [0.05, 0.1) is 19.5 Å². The number of halogens is 1. The summed E-state index contributed by atoms with van der Waals surface area (Å²) in [5, 5.41) is 3.55. The number of nitrogens with zero attached hydrogens (tertiary/aromatic N) is 6. The van der Waals surface area contributed by atoms with Crippen LogP contribution in [0.15, 0.2) is 46.3 Å². The number of anilines is 1. The molecule has 0 radical (unpaired) electrons. The first-order valence-electron chi connectivity index (χ1n) is 11.3. The number of rotatable bonds is 8. The first-order chi connectivity index (χ1) is 15.4. The van der Waals surface area contributed by atoms with E-state index in [9.17, 15) is 0 Å². The summed E-state index contributed by atoms with van der Waals surface area (Å²) in [4.78, 5) is 20.7. The van der Waals surface area contributed by atoms with E-state index in [1.807, 2.05) is 18.2 Å². The Labute approximate surface area is 207 Å². The fraction of sp³-hybridized carbons (Fsp3) is 0.591. The third-order valence-corrected chi connectivity index (χ3v) is 5.65. The SMILES string of the molecule is I.c1cnc(N2CCN(C(=NCCCN3CCOCC3)NCCc3ccco3)CC2)nc1. The number of aliphatic imine (C=N–C) groups is 1. The van der Waals surface area contributed by atoms with Gasteiger partial charge in [0.15, 0.2) is 5.96 Å². The number of morpholine rings is 1. The molecule has 2 aliphatic rings. The van der Waals surface area contributed by atoms with E-state index in [1.54, 1.807) is 18.7 Å². The van der Waals surface area contributed by atoms with Crippen molar-refractivity contribution < 1.29 is 9.15 Å². The number of hydrogen-bond donors (Lipinski definition) is 1. The molecule has 4 rings (SSSR count). The van der Waals surface area contributed by atoms with Crippen LogP contribution in [-0.2, 0) is 11.2 Å². The van der Waals surface area contributed by atoms with Gasteiger partial charge < -0.3 is 24.3 Å². The molecule has 0 bridgehead atoms. The second-order valence-electron chi connectivity index (χ2n) is 7.79. The van der Waals surface area contributed by atoms with Gasteiger partial charge in [0.1, 0.15) is 5.76 Å². The van der Waals surface area contributed by atoms with Crippen molar-refractivity contribution in [2.24, 2.45) is 4.99 Å². The van der Waals surface area contributed by atoms with Crippen LogP contribution in [0.3, 0.4) is 0 Å². The van der Waals surface area contributed by atoms with Crippen LogP contribution in [-0.4, -0.2) is 97.8 Å². The Kier molecular flexibility index (Phi) is 10.5. The van der Waals surface area contributed by atoms with E-state index in [4.69, 9.17) is 14.1 Å². The van der Waals surface area contributed by atoms with E-state index >= 15 is 0 Å². The van der Waals surface area contributed by atoms with Gasteiger partial charge >= 0.3 is 0 Å². The predicted octanol–water partition coefficient (Wildman–Crippen LogP) is 1.72. The summed E-state index contributed by atoms with van der Waals surface area (Å²) in [5.74, 6) is 2.78. The second kappa shape index (κ2) is 13.6. The van der Waals surface area contributed by atoms with Gasteiger partial charge in [-0.2, -0.15) is 0 Å². The van der Waals surface area contributed by atoms with Crippen molar-refractivity contribution in [2.75, 3.05) is 77.0 Å². The number of ether oxygens (including phenoxy) is 1. The molecule has 2 aromatic rings. The highest BCUT2D eigenvalue weighted by Gasteiger charge is 2.21. The van der Waals surface area contributed by atoms with Crippen molar-refractivity contribution in [3.05, 3.63) is 42.6 Å². The zero-order chi connectivity index (χ0) is 21.1. The molecular weight excluding hydrogens is 521 g/mol. The Bertz CT molecular complexity index is 777. The van der Waals surface area contributed by atoms with E-state index in [-0.39, 0.29) is 24.0 Å². The average molecular weight is 555 g/mol. The van der Waals surface area contributed by atoms with Crippen LogP contribution < -0.4 is 10.2 Å². The summed E-state index contributed by atoms with van der Waals surface area (Å²) >= 11 is 0. The predicted molar refractivity (Wildman–Crippen MR) is 136 cm³/mol. The van der Waals surface area contributed by atoms with Gasteiger partial charge in [0.25, 0.3) is 0 Å². The molecule has 0 atom stereocenters. The molecule has 0 spiro atoms. The van der Waals surface area contributed by atoms with Crippen molar-refractivity contribution in [1.82, 2.24) is 25.1 Å². The lowest BCUT2D eigenvalue weighted by Crippen LogP contribution is -2.53. The fourth-order valence-corrected chi connectivity index (χ4v) is 3.90. The van der Waals surface area contributed by atoms with Crippen molar-refractivity contribution >= 4 is 35.9 Å². The molecule has 2 aromatic heterocycles. The third kappa shape index (κ3) is 7.59. The number of aromatic nitrogens is 2. The van der Waals surface area contributed by atoms with Gasteiger partial charge in [0.2, 0.25) is 5.95 Å². The molecule has 10 heteroatoms. The first kappa shape index (κ1) is 24.7. The van der Waals surface area contributed by atoms with Crippen LogP contribution in [0.25, 0.3) is 0 Å². The summed E-state index contributed by atoms with van der Waals surface area (Å²) in [5.41, 5.74) is 0. The molecule has 4 heterocycles. The highest BCUT2D eigenvalue weighted by molar-refractivity contribution is 14.0. The highest BCUT2D eigenvalue weighted by atomic mass is 127. The molecule has 0 unspecified atom stereocenters. The van der Waals surface area contributed by atoms with Crippen LogP contribution in [0, 0.1) is 0 Å². The van der Waals surface area contributed by atoms with Gasteiger partial charge in [-0.15, -0.1) is 24.0 Å². The van der Waals surface area contributed by atoms with E-state index in [2.05, 4.69) is 30.0 Å². The van der Waals surface area contributed by atoms with Crippen LogP contribution >= 0.6 is 24.0 Å². The summed E-state index contributed by atoms with van der Waals surface area (Å²) in [6.45, 7) is 10.0. The van der Waals surface area contributed by atoms with Crippen LogP contribution in [0.4, 0.5) is 5.95 Å². The molecule has 2 saturated heterocycles. The van der Waals surface area contributed by atoms with Gasteiger partial charge in [0, 0.05) is 77.7 Å². The van der Waals surface area contributed by atoms with E-state index in [0.29, 0.717) is 0 Å². The van der Waals surface area contributed by atoms with Gasteiger partial charge in [-0.1, -0.05) is 0 Å². The number of piperazine rings is 1. The topological polar surface area (TPSA) is 82.3 Å². The molecule has 0 amide bonds. The molecule has 2 fully saturated rings. The van der Waals surface area contributed by atoms with Gasteiger partial charge in [-0.25, -0.2) is 9.97 Å². The van der Waals surface area contributed by atoms with E-state index < -0.39 is 0 Å². The molecule has 2 aliphatic heterocycles. The largest absolute Gasteiger partial charge is 0.469 e. The molecule has 1 N–H and O–H groups in total. The van der Waals surface area contributed by atoms with Crippen molar-refractivity contribution in [3.8, 4) is 0 Å². The minimum Gasteiger partial charge on any atom is -0.469 e. The standard InChI is InChI=1S/C22H33N7O2.HI/c1-4-20(31-17-1)5-9-26-22(25-8-3-10-27-15-18-30-19-16-27)29-13-11-28(12-14-29)21-23-6-2-7-24-21;/h1-2,4,6-7,17H,3,5,8-16,18-19H2,(H,25,26);1H. The van der Waals surface area contributed by atoms with Crippen molar-refractivity contribution in [3.63, 3.8) is 0 Å². The number of furan rings is 1. The van der Waals surface area contributed by atoms with Crippen LogP contribution in [0.1, 0.15) is 12.2 Å². The zero-order valence-corrected chi connectivity index (χ0v) is 20.9. The maximum Gasteiger partial charge on any atom is 0.225 e. The second-order valence-corrected chi connectivity index (χ2v) is 7.79.